The molecule has 1 aromatic heterocycles. The van der Waals surface area contributed by atoms with Gasteiger partial charge >= 0.3 is 5.97 Å². The molecule has 1 aromatic rings. The zero-order valence-electron chi connectivity index (χ0n) is 6.16. The van der Waals surface area contributed by atoms with Crippen LogP contribution in [0.2, 0.25) is 4.34 Å². The third kappa shape index (κ3) is 2.48. The number of hydrogen-bond acceptors (Lipinski definition) is 3. The van der Waals surface area contributed by atoms with Crippen LogP contribution in [0.15, 0.2) is 12.1 Å². The summed E-state index contributed by atoms with van der Waals surface area (Å²) in [7, 11) is 0. The Morgan fingerprint density at radius 1 is 1.75 bits per heavy atom. The molecule has 1 heterocycles. The van der Waals surface area contributed by atoms with E-state index in [-0.39, 0.29) is 6.42 Å². The molecule has 0 spiro atoms. The van der Waals surface area contributed by atoms with Gasteiger partial charge < -0.3 is 10.8 Å². The lowest BCUT2D eigenvalue weighted by Gasteiger charge is -2.04. The van der Waals surface area contributed by atoms with Crippen LogP contribution in [0.25, 0.3) is 0 Å². The summed E-state index contributed by atoms with van der Waals surface area (Å²) in [5, 5.41) is 8.44. The summed E-state index contributed by atoms with van der Waals surface area (Å²) >= 11 is 6.97. The lowest BCUT2D eigenvalue weighted by molar-refractivity contribution is -0.137. The lowest BCUT2D eigenvalue weighted by Crippen LogP contribution is -2.13. The largest absolute Gasteiger partial charge is 0.481 e. The van der Waals surface area contributed by atoms with Gasteiger partial charge in [0.25, 0.3) is 0 Å². The molecule has 0 aliphatic heterocycles. The Labute approximate surface area is 78.8 Å². The Morgan fingerprint density at radius 3 is 2.83 bits per heavy atom. The topological polar surface area (TPSA) is 63.3 Å². The van der Waals surface area contributed by atoms with Crippen molar-refractivity contribution in [3.63, 3.8) is 0 Å². The highest BCUT2D eigenvalue weighted by Crippen LogP contribution is 2.26. The van der Waals surface area contributed by atoms with E-state index >= 15 is 0 Å². The fourth-order valence-electron chi connectivity index (χ4n) is 0.816. The van der Waals surface area contributed by atoms with E-state index in [2.05, 4.69) is 0 Å². The smallest absolute Gasteiger partial charge is 0.305 e. The van der Waals surface area contributed by atoms with Crippen LogP contribution in [0.4, 0.5) is 0 Å². The molecule has 0 saturated carbocycles. The number of carbonyl (C=O) groups is 1. The zero-order chi connectivity index (χ0) is 9.14. The minimum Gasteiger partial charge on any atom is -0.481 e. The second kappa shape index (κ2) is 3.89. The molecule has 0 fully saturated rings. The summed E-state index contributed by atoms with van der Waals surface area (Å²) < 4.78 is 0.630. The molecule has 0 saturated heterocycles. The lowest BCUT2D eigenvalue weighted by atomic mass is 10.2. The van der Waals surface area contributed by atoms with E-state index in [1.54, 1.807) is 12.1 Å². The molecular weight excluding hydrogens is 198 g/mol. The Bertz CT molecular complexity index is 287. The maximum Gasteiger partial charge on any atom is 0.305 e. The minimum atomic E-state index is -0.896. The molecule has 12 heavy (non-hydrogen) atoms. The highest BCUT2D eigenvalue weighted by Gasteiger charge is 2.12. The summed E-state index contributed by atoms with van der Waals surface area (Å²) in [6.45, 7) is 0. The van der Waals surface area contributed by atoms with E-state index in [0.717, 1.165) is 4.88 Å². The number of carboxylic acid groups (broad SMARTS) is 1. The van der Waals surface area contributed by atoms with Gasteiger partial charge in [0, 0.05) is 10.9 Å². The molecule has 0 unspecified atom stereocenters. The molecule has 0 radical (unpaired) electrons. The third-order valence-corrected chi connectivity index (χ3v) is 2.72. The number of rotatable bonds is 3. The second-order valence-electron chi connectivity index (χ2n) is 2.35. The monoisotopic (exact) mass is 205 g/mol. The van der Waals surface area contributed by atoms with E-state index < -0.39 is 12.0 Å². The molecule has 1 atom stereocenters. The van der Waals surface area contributed by atoms with Crippen molar-refractivity contribution in [1.29, 1.82) is 0 Å². The van der Waals surface area contributed by atoms with Crippen LogP contribution < -0.4 is 5.73 Å². The molecule has 3 N–H and O–H groups in total. The van der Waals surface area contributed by atoms with Gasteiger partial charge in [-0.1, -0.05) is 11.6 Å². The number of thiophene rings is 1. The van der Waals surface area contributed by atoms with Crippen LogP contribution in [0.1, 0.15) is 17.3 Å². The first-order chi connectivity index (χ1) is 5.59. The Kier molecular flexibility index (Phi) is 3.08. The maximum absolute atomic E-state index is 10.3. The second-order valence-corrected chi connectivity index (χ2v) is 4.09. The van der Waals surface area contributed by atoms with Crippen molar-refractivity contribution in [2.75, 3.05) is 0 Å². The molecule has 66 valence electrons. The molecule has 0 aliphatic carbocycles. The number of halogens is 1. The predicted octanol–water partition coefficient (Wildman–Crippen LogP) is 1.88. The van der Waals surface area contributed by atoms with Gasteiger partial charge in [-0.3, -0.25) is 4.79 Å². The molecule has 3 nitrogen and oxygen atoms in total. The van der Waals surface area contributed by atoms with Gasteiger partial charge in [-0.2, -0.15) is 0 Å². The number of hydrogen-bond donors (Lipinski definition) is 2. The molecule has 0 bridgehead atoms. The first kappa shape index (κ1) is 9.51. The zero-order valence-corrected chi connectivity index (χ0v) is 7.73. The Hall–Kier alpha value is -0.580. The average molecular weight is 206 g/mol. The molecular formula is C7H8ClNO2S. The predicted molar refractivity (Wildman–Crippen MR) is 48.5 cm³/mol. The summed E-state index contributed by atoms with van der Waals surface area (Å²) in [5.74, 6) is -0.896. The van der Waals surface area contributed by atoms with Crippen LogP contribution in [0, 0.1) is 0 Å². The van der Waals surface area contributed by atoms with E-state index in [0.29, 0.717) is 4.34 Å². The highest BCUT2D eigenvalue weighted by molar-refractivity contribution is 7.16. The van der Waals surface area contributed by atoms with Gasteiger partial charge in [0.2, 0.25) is 0 Å². The minimum absolute atomic E-state index is 0.0587. The van der Waals surface area contributed by atoms with E-state index in [9.17, 15) is 4.79 Å². The SMILES string of the molecule is N[C@H](CC(=O)O)c1ccc(Cl)s1. The van der Waals surface area contributed by atoms with Crippen molar-refractivity contribution >= 4 is 28.9 Å². The number of nitrogens with two attached hydrogens (primary N) is 1. The average Bonchev–Trinajstić information content (AvgIpc) is 2.34. The van der Waals surface area contributed by atoms with Crippen LogP contribution >= 0.6 is 22.9 Å². The summed E-state index contributed by atoms with van der Waals surface area (Å²) in [5.41, 5.74) is 5.58. The molecule has 0 aliphatic rings. The van der Waals surface area contributed by atoms with Crippen molar-refractivity contribution in [1.82, 2.24) is 0 Å². The van der Waals surface area contributed by atoms with E-state index in [4.69, 9.17) is 22.4 Å². The fourth-order valence-corrected chi connectivity index (χ4v) is 1.88. The number of aliphatic carboxylic acids is 1. The Balaban J connectivity index is 2.64. The van der Waals surface area contributed by atoms with Gasteiger partial charge in [-0.15, -0.1) is 11.3 Å². The van der Waals surface area contributed by atoms with Crippen molar-refractivity contribution in [3.05, 3.63) is 21.3 Å². The normalized spacial score (nSPS) is 12.8. The standard InChI is InChI=1S/C7H8ClNO2S/c8-6-2-1-5(12-6)4(9)3-7(10)11/h1-2,4H,3,9H2,(H,10,11)/t4-/m1/s1. The van der Waals surface area contributed by atoms with Gasteiger partial charge in [-0.05, 0) is 12.1 Å². The first-order valence-corrected chi connectivity index (χ1v) is 4.51. The van der Waals surface area contributed by atoms with Gasteiger partial charge in [-0.25, -0.2) is 0 Å². The first-order valence-electron chi connectivity index (χ1n) is 3.32. The van der Waals surface area contributed by atoms with E-state index in [1.807, 2.05) is 0 Å². The van der Waals surface area contributed by atoms with Crippen molar-refractivity contribution in [3.8, 4) is 0 Å². The van der Waals surface area contributed by atoms with Crippen LogP contribution in [-0.4, -0.2) is 11.1 Å². The molecule has 5 heteroatoms. The van der Waals surface area contributed by atoms with Crippen molar-refractivity contribution < 1.29 is 9.90 Å². The maximum atomic E-state index is 10.3. The summed E-state index contributed by atoms with van der Waals surface area (Å²) in [6.07, 6.45) is -0.0587. The van der Waals surface area contributed by atoms with Gasteiger partial charge in [0.15, 0.2) is 0 Å². The molecule has 0 amide bonds. The Morgan fingerprint density at radius 2 is 2.42 bits per heavy atom. The van der Waals surface area contributed by atoms with E-state index in [1.165, 1.54) is 11.3 Å². The molecule has 1 rings (SSSR count). The van der Waals surface area contributed by atoms with Crippen LogP contribution in [0.5, 0.6) is 0 Å². The van der Waals surface area contributed by atoms with Gasteiger partial charge in [0.05, 0.1) is 10.8 Å². The number of carboxylic acids is 1. The fraction of sp³-hybridized carbons (Fsp3) is 0.286. The summed E-state index contributed by atoms with van der Waals surface area (Å²) in [4.78, 5) is 11.1. The summed E-state index contributed by atoms with van der Waals surface area (Å²) in [6, 6.07) is 3.02. The van der Waals surface area contributed by atoms with Crippen LogP contribution in [0.3, 0.4) is 0 Å². The quantitative estimate of drug-likeness (QED) is 0.792. The third-order valence-electron chi connectivity index (χ3n) is 1.35. The van der Waals surface area contributed by atoms with Gasteiger partial charge in [0.1, 0.15) is 0 Å². The van der Waals surface area contributed by atoms with Crippen LogP contribution in [-0.2, 0) is 4.79 Å². The van der Waals surface area contributed by atoms with Crippen molar-refractivity contribution in [2.24, 2.45) is 5.73 Å². The molecule has 0 aromatic carbocycles. The van der Waals surface area contributed by atoms with Crippen molar-refractivity contribution in [2.45, 2.75) is 12.5 Å². The highest BCUT2D eigenvalue weighted by atomic mass is 35.5.